The minimum atomic E-state index is -0.0549. The second-order valence-electron chi connectivity index (χ2n) is 7.22. The topological polar surface area (TPSA) is 67.5 Å². The van der Waals surface area contributed by atoms with Gasteiger partial charge in [-0.15, -0.1) is 0 Å². The average molecular weight is 367 g/mol. The number of fused-ring (bicyclic) bond motifs is 1. The van der Waals surface area contributed by atoms with E-state index in [1.165, 1.54) is 11.1 Å². The fourth-order valence-electron chi connectivity index (χ4n) is 3.92. The van der Waals surface area contributed by atoms with Crippen molar-refractivity contribution < 1.29 is 14.3 Å². The molecule has 1 aromatic carbocycles. The van der Waals surface area contributed by atoms with Crippen LogP contribution in [-0.4, -0.2) is 47.3 Å². The lowest BCUT2D eigenvalue weighted by Gasteiger charge is -2.28. The van der Waals surface area contributed by atoms with E-state index in [0.29, 0.717) is 18.8 Å². The number of amides is 1. The molecule has 142 valence electrons. The van der Waals surface area contributed by atoms with Crippen LogP contribution in [0.25, 0.3) is 5.57 Å². The predicted molar refractivity (Wildman–Crippen MR) is 103 cm³/mol. The zero-order chi connectivity index (χ0) is 19.0. The lowest BCUT2D eigenvalue weighted by Crippen LogP contribution is -2.36. The van der Waals surface area contributed by atoms with Gasteiger partial charge >= 0.3 is 0 Å². The highest BCUT2D eigenvalue weighted by Gasteiger charge is 2.31. The first-order chi connectivity index (χ1) is 13.1. The van der Waals surface area contributed by atoms with Crippen molar-refractivity contribution in [1.29, 1.82) is 0 Å². The number of carbonyl (C=O) groups excluding carboxylic acids is 1. The summed E-state index contributed by atoms with van der Waals surface area (Å²) in [4.78, 5) is 14.9. The molecule has 3 heterocycles. The maximum atomic E-state index is 13.0. The van der Waals surface area contributed by atoms with Crippen LogP contribution in [0.15, 0.2) is 30.3 Å². The summed E-state index contributed by atoms with van der Waals surface area (Å²) >= 11 is 0. The molecule has 0 spiro atoms. The standard InChI is InChI=1S/C21H25N3O3/c1-13-12-18-19(14(2)27-13)22-23-20(18)21(25)24-10-8-16(9-11-24)15-4-6-17(26-3)7-5-15/h4-8,13-14H,9-12H2,1-3H3,(H,22,23)/t13-,14+/m0/s1. The average Bonchev–Trinajstić information content (AvgIpc) is 3.12. The van der Waals surface area contributed by atoms with Crippen LogP contribution in [0.5, 0.6) is 5.75 Å². The molecule has 0 radical (unpaired) electrons. The largest absolute Gasteiger partial charge is 0.497 e. The molecule has 4 rings (SSSR count). The molecule has 0 unspecified atom stereocenters. The number of aromatic amines is 1. The minimum absolute atomic E-state index is 0.00108. The highest BCUT2D eigenvalue weighted by atomic mass is 16.5. The van der Waals surface area contributed by atoms with Crippen LogP contribution >= 0.6 is 0 Å². The second-order valence-corrected chi connectivity index (χ2v) is 7.22. The van der Waals surface area contributed by atoms with Crippen molar-refractivity contribution in [2.75, 3.05) is 20.2 Å². The van der Waals surface area contributed by atoms with Crippen molar-refractivity contribution in [3.8, 4) is 5.75 Å². The number of rotatable bonds is 3. The van der Waals surface area contributed by atoms with Crippen LogP contribution in [0.1, 0.15) is 53.7 Å². The highest BCUT2D eigenvalue weighted by Crippen LogP contribution is 2.31. The fraction of sp³-hybridized carbons (Fsp3) is 0.429. The molecule has 0 saturated carbocycles. The summed E-state index contributed by atoms with van der Waals surface area (Å²) in [7, 11) is 1.67. The lowest BCUT2D eigenvalue weighted by atomic mass is 9.97. The molecule has 0 fully saturated rings. The van der Waals surface area contributed by atoms with E-state index < -0.39 is 0 Å². The number of ether oxygens (including phenoxy) is 2. The van der Waals surface area contributed by atoms with Gasteiger partial charge in [0.25, 0.3) is 5.91 Å². The number of carbonyl (C=O) groups is 1. The van der Waals surface area contributed by atoms with Gasteiger partial charge < -0.3 is 14.4 Å². The van der Waals surface area contributed by atoms with Gasteiger partial charge in [-0.1, -0.05) is 18.2 Å². The van der Waals surface area contributed by atoms with Crippen LogP contribution < -0.4 is 4.74 Å². The fourth-order valence-corrected chi connectivity index (χ4v) is 3.92. The van der Waals surface area contributed by atoms with E-state index >= 15 is 0 Å². The van der Waals surface area contributed by atoms with Gasteiger partial charge in [-0.05, 0) is 43.5 Å². The van der Waals surface area contributed by atoms with Gasteiger partial charge in [-0.25, -0.2) is 0 Å². The Morgan fingerprint density at radius 3 is 2.74 bits per heavy atom. The summed E-state index contributed by atoms with van der Waals surface area (Å²) in [5, 5.41) is 7.34. The monoisotopic (exact) mass is 367 g/mol. The lowest BCUT2D eigenvalue weighted by molar-refractivity contribution is -0.00701. The van der Waals surface area contributed by atoms with Gasteiger partial charge in [0, 0.05) is 25.1 Å². The van der Waals surface area contributed by atoms with Crippen LogP contribution in [0.2, 0.25) is 0 Å². The maximum absolute atomic E-state index is 13.0. The summed E-state index contributed by atoms with van der Waals surface area (Å²) in [5.41, 5.74) is 4.94. The molecule has 0 saturated heterocycles. The smallest absolute Gasteiger partial charge is 0.274 e. The molecule has 1 amide bonds. The predicted octanol–water partition coefficient (Wildman–Crippen LogP) is 3.37. The van der Waals surface area contributed by atoms with Gasteiger partial charge in [0.05, 0.1) is 25.0 Å². The molecule has 2 aliphatic rings. The Hall–Kier alpha value is -2.60. The van der Waals surface area contributed by atoms with Gasteiger partial charge in [0.15, 0.2) is 5.69 Å². The van der Waals surface area contributed by atoms with Crippen LogP contribution in [0.4, 0.5) is 0 Å². The highest BCUT2D eigenvalue weighted by molar-refractivity contribution is 5.94. The zero-order valence-corrected chi connectivity index (χ0v) is 16.0. The number of benzene rings is 1. The van der Waals surface area contributed by atoms with Crippen molar-refractivity contribution >= 4 is 11.5 Å². The SMILES string of the molecule is COc1ccc(C2=CCN(C(=O)c3n[nH]c4c3C[C@H](C)O[C@@H]4C)CC2)cc1. The van der Waals surface area contributed by atoms with Crippen molar-refractivity contribution in [2.45, 2.75) is 38.9 Å². The van der Waals surface area contributed by atoms with E-state index in [1.54, 1.807) is 7.11 Å². The summed E-state index contributed by atoms with van der Waals surface area (Å²) in [6.07, 6.45) is 3.73. The van der Waals surface area contributed by atoms with E-state index in [1.807, 2.05) is 30.9 Å². The molecule has 2 aliphatic heterocycles. The third-order valence-electron chi connectivity index (χ3n) is 5.39. The molecule has 1 N–H and O–H groups in total. The molecule has 0 aliphatic carbocycles. The van der Waals surface area contributed by atoms with Crippen LogP contribution in [0.3, 0.4) is 0 Å². The molecular formula is C21H25N3O3. The summed E-state index contributed by atoms with van der Waals surface area (Å²) in [6.45, 7) is 5.32. The van der Waals surface area contributed by atoms with Gasteiger partial charge in [0.1, 0.15) is 5.75 Å². The number of nitrogens with zero attached hydrogens (tertiary/aromatic N) is 2. The van der Waals surface area contributed by atoms with Gasteiger partial charge in [-0.3, -0.25) is 9.89 Å². The Morgan fingerprint density at radius 1 is 1.30 bits per heavy atom. The van der Waals surface area contributed by atoms with E-state index in [4.69, 9.17) is 9.47 Å². The molecule has 2 atom stereocenters. The summed E-state index contributed by atoms with van der Waals surface area (Å²) in [5.74, 6) is 0.849. The molecular weight excluding hydrogens is 342 g/mol. The minimum Gasteiger partial charge on any atom is -0.497 e. The van der Waals surface area contributed by atoms with Gasteiger partial charge in [0.2, 0.25) is 0 Å². The summed E-state index contributed by atoms with van der Waals surface area (Å²) in [6, 6.07) is 8.06. The molecule has 6 heteroatoms. The number of methoxy groups -OCH3 is 1. The van der Waals surface area contributed by atoms with E-state index in [2.05, 4.69) is 28.4 Å². The number of nitrogens with one attached hydrogen (secondary N) is 1. The maximum Gasteiger partial charge on any atom is 0.274 e. The summed E-state index contributed by atoms with van der Waals surface area (Å²) < 4.78 is 11.0. The van der Waals surface area contributed by atoms with E-state index in [9.17, 15) is 4.79 Å². The molecule has 6 nitrogen and oxygen atoms in total. The Balaban J connectivity index is 1.50. The van der Waals surface area contributed by atoms with E-state index in [0.717, 1.165) is 29.8 Å². The van der Waals surface area contributed by atoms with Crippen molar-refractivity contribution in [3.63, 3.8) is 0 Å². The number of aromatic nitrogens is 2. The first kappa shape index (κ1) is 17.8. The molecule has 27 heavy (non-hydrogen) atoms. The number of hydrogen-bond donors (Lipinski definition) is 1. The van der Waals surface area contributed by atoms with E-state index in [-0.39, 0.29) is 18.1 Å². The Morgan fingerprint density at radius 2 is 2.07 bits per heavy atom. The Labute approximate surface area is 159 Å². The first-order valence-electron chi connectivity index (χ1n) is 9.42. The normalized spacial score (nSPS) is 22.2. The Kier molecular flexibility index (Phi) is 4.74. The third-order valence-corrected chi connectivity index (χ3v) is 5.39. The molecule has 2 aromatic rings. The Bertz CT molecular complexity index is 869. The third kappa shape index (κ3) is 3.37. The van der Waals surface area contributed by atoms with Crippen molar-refractivity contribution in [1.82, 2.24) is 15.1 Å². The van der Waals surface area contributed by atoms with Gasteiger partial charge in [-0.2, -0.15) is 5.10 Å². The van der Waals surface area contributed by atoms with Crippen LogP contribution in [0, 0.1) is 0 Å². The first-order valence-corrected chi connectivity index (χ1v) is 9.42. The number of H-pyrrole nitrogens is 1. The van der Waals surface area contributed by atoms with Crippen molar-refractivity contribution in [2.24, 2.45) is 0 Å². The second kappa shape index (κ2) is 7.19. The van der Waals surface area contributed by atoms with Crippen molar-refractivity contribution in [3.05, 3.63) is 52.9 Å². The quantitative estimate of drug-likeness (QED) is 0.903. The van der Waals surface area contributed by atoms with Crippen LogP contribution in [-0.2, 0) is 11.2 Å². The number of hydrogen-bond acceptors (Lipinski definition) is 4. The zero-order valence-electron chi connectivity index (χ0n) is 16.0. The molecule has 0 bridgehead atoms. The molecule has 1 aromatic heterocycles.